The van der Waals surface area contributed by atoms with Gasteiger partial charge in [-0.2, -0.15) is 0 Å². The van der Waals surface area contributed by atoms with E-state index in [9.17, 15) is 4.79 Å². The lowest BCUT2D eigenvalue weighted by Crippen LogP contribution is -2.41. The zero-order chi connectivity index (χ0) is 12.8. The predicted octanol–water partition coefficient (Wildman–Crippen LogP) is 2.27. The molecule has 3 nitrogen and oxygen atoms in total. The summed E-state index contributed by atoms with van der Waals surface area (Å²) in [5.41, 5.74) is 0.127. The summed E-state index contributed by atoms with van der Waals surface area (Å²) in [5.74, 6) is 0.856. The van der Waals surface area contributed by atoms with Gasteiger partial charge in [-0.05, 0) is 33.1 Å². The second kappa shape index (κ2) is 6.89. The van der Waals surface area contributed by atoms with Crippen molar-refractivity contribution in [1.82, 2.24) is 10.2 Å². The van der Waals surface area contributed by atoms with Crippen molar-refractivity contribution in [2.75, 3.05) is 20.1 Å². The van der Waals surface area contributed by atoms with Gasteiger partial charge in [-0.3, -0.25) is 4.79 Å². The van der Waals surface area contributed by atoms with E-state index >= 15 is 0 Å². The Balaban J connectivity index is 3.71. The van der Waals surface area contributed by atoms with Crippen LogP contribution >= 0.6 is 0 Å². The van der Waals surface area contributed by atoms with Gasteiger partial charge in [-0.1, -0.05) is 13.8 Å². The van der Waals surface area contributed by atoms with Gasteiger partial charge in [-0.25, -0.2) is 0 Å². The monoisotopic (exact) mass is 228 g/mol. The number of hydrogen-bond acceptors (Lipinski definition) is 2. The smallest absolute Gasteiger partial charge is 0.222 e. The van der Waals surface area contributed by atoms with Crippen LogP contribution in [0.15, 0.2) is 0 Å². The number of hydrogen-bond donors (Lipinski definition) is 1. The third-order valence-corrected chi connectivity index (χ3v) is 2.46. The molecule has 0 saturated carbocycles. The molecule has 0 saturated heterocycles. The van der Waals surface area contributed by atoms with E-state index < -0.39 is 0 Å². The van der Waals surface area contributed by atoms with Gasteiger partial charge in [0, 0.05) is 32.1 Å². The molecule has 1 amide bonds. The van der Waals surface area contributed by atoms with Gasteiger partial charge in [0.05, 0.1) is 0 Å². The Hall–Kier alpha value is -0.570. The van der Waals surface area contributed by atoms with Gasteiger partial charge in [-0.15, -0.1) is 0 Å². The highest BCUT2D eigenvalue weighted by atomic mass is 16.2. The van der Waals surface area contributed by atoms with E-state index in [1.54, 1.807) is 0 Å². The maximum atomic E-state index is 11.7. The van der Waals surface area contributed by atoms with Gasteiger partial charge in [0.25, 0.3) is 0 Å². The number of likely N-dealkylation sites (N-methyl/N-ethyl adjacent to an activating group) is 1. The molecule has 0 aliphatic rings. The molecule has 0 aromatic carbocycles. The van der Waals surface area contributed by atoms with Crippen molar-refractivity contribution in [1.29, 1.82) is 0 Å². The zero-order valence-electron chi connectivity index (χ0n) is 11.8. The fraction of sp³-hybridized carbons (Fsp3) is 0.923. The summed E-state index contributed by atoms with van der Waals surface area (Å²) < 4.78 is 0. The number of nitrogens with zero attached hydrogens (tertiary/aromatic N) is 1. The molecule has 0 aliphatic heterocycles. The molecule has 0 aliphatic carbocycles. The normalized spacial score (nSPS) is 11.9. The van der Waals surface area contributed by atoms with Crippen LogP contribution in [-0.2, 0) is 4.79 Å². The van der Waals surface area contributed by atoms with Gasteiger partial charge in [0.2, 0.25) is 5.91 Å². The summed E-state index contributed by atoms with van der Waals surface area (Å²) in [5, 5.41) is 3.38. The van der Waals surface area contributed by atoms with Crippen molar-refractivity contribution < 1.29 is 4.79 Å². The van der Waals surface area contributed by atoms with Crippen LogP contribution in [0.4, 0.5) is 0 Å². The third kappa shape index (κ3) is 8.72. The summed E-state index contributed by atoms with van der Waals surface area (Å²) in [6.07, 6.45) is 1.65. The molecular weight excluding hydrogens is 200 g/mol. The van der Waals surface area contributed by atoms with Gasteiger partial charge in [0.15, 0.2) is 0 Å². The van der Waals surface area contributed by atoms with Crippen LogP contribution in [0.1, 0.15) is 47.5 Å². The minimum absolute atomic E-state index is 0.127. The highest BCUT2D eigenvalue weighted by Crippen LogP contribution is 2.05. The molecule has 16 heavy (non-hydrogen) atoms. The van der Waals surface area contributed by atoms with Crippen molar-refractivity contribution in [2.45, 2.75) is 53.0 Å². The van der Waals surface area contributed by atoms with Crippen molar-refractivity contribution >= 4 is 5.91 Å². The van der Waals surface area contributed by atoms with E-state index in [2.05, 4.69) is 39.9 Å². The van der Waals surface area contributed by atoms with Gasteiger partial charge < -0.3 is 10.2 Å². The lowest BCUT2D eigenvalue weighted by Gasteiger charge is -2.23. The first-order valence-electron chi connectivity index (χ1n) is 6.21. The third-order valence-electron chi connectivity index (χ3n) is 2.46. The van der Waals surface area contributed by atoms with Crippen LogP contribution in [0, 0.1) is 5.92 Å². The predicted molar refractivity (Wildman–Crippen MR) is 69.5 cm³/mol. The summed E-state index contributed by atoms with van der Waals surface area (Å²) in [4.78, 5) is 13.5. The molecular formula is C13H28N2O. The first kappa shape index (κ1) is 15.4. The largest absolute Gasteiger partial charge is 0.344 e. The second-order valence-corrected chi connectivity index (χ2v) is 5.92. The quantitative estimate of drug-likeness (QED) is 0.756. The topological polar surface area (TPSA) is 32.3 Å². The minimum atomic E-state index is 0.127. The highest BCUT2D eigenvalue weighted by Gasteiger charge is 2.11. The van der Waals surface area contributed by atoms with Gasteiger partial charge >= 0.3 is 0 Å². The maximum absolute atomic E-state index is 11.7. The molecule has 0 radical (unpaired) electrons. The Morgan fingerprint density at radius 2 is 1.88 bits per heavy atom. The van der Waals surface area contributed by atoms with E-state index in [4.69, 9.17) is 0 Å². The fourth-order valence-electron chi connectivity index (χ4n) is 1.33. The maximum Gasteiger partial charge on any atom is 0.222 e. The molecule has 3 heteroatoms. The van der Waals surface area contributed by atoms with Crippen molar-refractivity contribution in [2.24, 2.45) is 5.92 Å². The lowest BCUT2D eigenvalue weighted by molar-refractivity contribution is -0.130. The summed E-state index contributed by atoms with van der Waals surface area (Å²) >= 11 is 0. The average Bonchev–Trinajstić information content (AvgIpc) is 2.11. The molecule has 0 bridgehead atoms. The first-order chi connectivity index (χ1) is 7.22. The average molecular weight is 228 g/mol. The molecule has 1 N–H and O–H groups in total. The van der Waals surface area contributed by atoms with Crippen LogP contribution in [0.3, 0.4) is 0 Å². The van der Waals surface area contributed by atoms with E-state index in [0.29, 0.717) is 12.3 Å². The number of carbonyl (C=O) groups is 1. The van der Waals surface area contributed by atoms with E-state index in [0.717, 1.165) is 19.5 Å². The minimum Gasteiger partial charge on any atom is -0.344 e. The summed E-state index contributed by atoms with van der Waals surface area (Å²) in [7, 11) is 1.88. The first-order valence-corrected chi connectivity index (χ1v) is 6.21. The standard InChI is InChI=1S/C13H28N2O/c1-11(2)7-8-12(16)15(6)10-9-14-13(3,4)5/h11,14H,7-10H2,1-6H3. The van der Waals surface area contributed by atoms with Crippen molar-refractivity contribution in [3.63, 3.8) is 0 Å². The molecule has 0 rings (SSSR count). The van der Waals surface area contributed by atoms with Crippen LogP contribution < -0.4 is 5.32 Å². The molecule has 0 spiro atoms. The van der Waals surface area contributed by atoms with Crippen molar-refractivity contribution in [3.8, 4) is 0 Å². The highest BCUT2D eigenvalue weighted by molar-refractivity contribution is 5.75. The molecule has 0 heterocycles. The van der Waals surface area contributed by atoms with Crippen molar-refractivity contribution in [3.05, 3.63) is 0 Å². The number of rotatable bonds is 6. The zero-order valence-corrected chi connectivity index (χ0v) is 11.8. The molecule has 0 aromatic rings. The Kier molecular flexibility index (Phi) is 6.65. The van der Waals surface area contributed by atoms with Crippen LogP contribution in [0.2, 0.25) is 0 Å². The molecule has 0 atom stereocenters. The fourth-order valence-corrected chi connectivity index (χ4v) is 1.33. The molecule has 96 valence electrons. The Bertz CT molecular complexity index is 206. The van der Waals surface area contributed by atoms with E-state index in [1.807, 2.05) is 11.9 Å². The van der Waals surface area contributed by atoms with Crippen LogP contribution in [0.5, 0.6) is 0 Å². The Labute approximate surface area is 101 Å². The molecule has 0 fully saturated rings. The van der Waals surface area contributed by atoms with E-state index in [1.165, 1.54) is 0 Å². The second-order valence-electron chi connectivity index (χ2n) is 5.92. The van der Waals surface area contributed by atoms with Crippen LogP contribution in [0.25, 0.3) is 0 Å². The molecule has 0 unspecified atom stereocenters. The summed E-state index contributed by atoms with van der Waals surface area (Å²) in [6, 6.07) is 0. The lowest BCUT2D eigenvalue weighted by atomic mass is 10.1. The number of nitrogens with one attached hydrogen (secondary N) is 1. The van der Waals surface area contributed by atoms with Crippen LogP contribution in [-0.4, -0.2) is 36.5 Å². The molecule has 0 aromatic heterocycles. The number of carbonyl (C=O) groups excluding carboxylic acids is 1. The number of amides is 1. The Morgan fingerprint density at radius 1 is 1.31 bits per heavy atom. The van der Waals surface area contributed by atoms with Gasteiger partial charge in [0.1, 0.15) is 0 Å². The summed E-state index contributed by atoms with van der Waals surface area (Å²) in [6.45, 7) is 12.3. The Morgan fingerprint density at radius 3 is 2.31 bits per heavy atom. The SMILES string of the molecule is CC(C)CCC(=O)N(C)CCNC(C)(C)C. The van der Waals surface area contributed by atoms with E-state index in [-0.39, 0.29) is 11.4 Å².